The van der Waals surface area contributed by atoms with Gasteiger partial charge in [-0.3, -0.25) is 24.0 Å². The van der Waals surface area contributed by atoms with Gasteiger partial charge in [-0.1, -0.05) is 0 Å². The Morgan fingerprint density at radius 1 is 1.35 bits per heavy atom. The second-order valence-corrected chi connectivity index (χ2v) is 5.94. The highest BCUT2D eigenvalue weighted by atomic mass is 16.5. The van der Waals surface area contributed by atoms with Gasteiger partial charge in [-0.15, -0.1) is 0 Å². The number of fused-ring (bicyclic) bond motifs is 2. The van der Waals surface area contributed by atoms with Crippen molar-refractivity contribution in [1.29, 1.82) is 0 Å². The smallest absolute Gasteiger partial charge is 0.278 e. The van der Waals surface area contributed by atoms with Gasteiger partial charge in [0.2, 0.25) is 11.3 Å². The number of rotatable bonds is 2. The van der Waals surface area contributed by atoms with Crippen molar-refractivity contribution in [2.45, 2.75) is 31.1 Å². The number of amides is 2. The zero-order valence-corrected chi connectivity index (χ0v) is 12.2. The zero-order valence-electron chi connectivity index (χ0n) is 12.2. The van der Waals surface area contributed by atoms with E-state index in [1.807, 2.05) is 0 Å². The van der Waals surface area contributed by atoms with Crippen molar-refractivity contribution < 1.29 is 19.4 Å². The van der Waals surface area contributed by atoms with Gasteiger partial charge >= 0.3 is 0 Å². The number of morpholine rings is 1. The lowest BCUT2D eigenvalue weighted by atomic mass is 10.1. The molecule has 1 saturated heterocycles. The number of carbonyl (C=O) groups excluding carboxylic acids is 2. The summed E-state index contributed by atoms with van der Waals surface area (Å²) >= 11 is 0. The minimum absolute atomic E-state index is 0.0836. The van der Waals surface area contributed by atoms with Crippen molar-refractivity contribution in [1.82, 2.24) is 14.9 Å². The zero-order chi connectivity index (χ0) is 16.1. The quantitative estimate of drug-likeness (QED) is 0.615. The van der Waals surface area contributed by atoms with E-state index in [2.05, 4.69) is 10.7 Å². The Kier molecular flexibility index (Phi) is 3.05. The highest BCUT2D eigenvalue weighted by Crippen LogP contribution is 2.26. The molecule has 0 spiro atoms. The molecule has 1 aromatic rings. The Balaban J connectivity index is 1.70. The number of hydrogen-bond donors (Lipinski definition) is 3. The van der Waals surface area contributed by atoms with Gasteiger partial charge in [-0.25, -0.2) is 0 Å². The van der Waals surface area contributed by atoms with E-state index in [1.165, 1.54) is 15.8 Å². The molecule has 2 amide bonds. The lowest BCUT2D eigenvalue weighted by Crippen LogP contribution is -2.66. The first kappa shape index (κ1) is 14.1. The van der Waals surface area contributed by atoms with Crippen molar-refractivity contribution in [3.8, 4) is 5.75 Å². The van der Waals surface area contributed by atoms with Crippen molar-refractivity contribution >= 4 is 11.8 Å². The van der Waals surface area contributed by atoms with Crippen LogP contribution in [0.15, 0.2) is 17.1 Å². The van der Waals surface area contributed by atoms with E-state index in [1.54, 1.807) is 0 Å². The summed E-state index contributed by atoms with van der Waals surface area (Å²) in [6, 6.07) is 0.535. The molecule has 3 aliphatic rings. The molecule has 1 saturated carbocycles. The summed E-state index contributed by atoms with van der Waals surface area (Å²) in [7, 11) is 0. The molecule has 9 heteroatoms. The monoisotopic (exact) mass is 320 g/mol. The van der Waals surface area contributed by atoms with Crippen LogP contribution in [0.25, 0.3) is 0 Å². The number of aromatic hydroxyl groups is 1. The van der Waals surface area contributed by atoms with E-state index >= 15 is 0 Å². The van der Waals surface area contributed by atoms with E-state index in [4.69, 9.17) is 4.74 Å². The summed E-state index contributed by atoms with van der Waals surface area (Å²) in [5.74, 6) is -1.47. The van der Waals surface area contributed by atoms with E-state index in [9.17, 15) is 19.5 Å². The van der Waals surface area contributed by atoms with Gasteiger partial charge in [-0.05, 0) is 12.8 Å². The van der Waals surface area contributed by atoms with Gasteiger partial charge in [0.15, 0.2) is 11.4 Å². The Morgan fingerprint density at radius 2 is 2.13 bits per heavy atom. The third kappa shape index (κ3) is 2.24. The average molecular weight is 320 g/mol. The molecule has 23 heavy (non-hydrogen) atoms. The van der Waals surface area contributed by atoms with Crippen LogP contribution >= 0.6 is 0 Å². The fourth-order valence-electron chi connectivity index (χ4n) is 2.90. The van der Waals surface area contributed by atoms with E-state index < -0.39 is 29.3 Å². The maximum atomic E-state index is 12.8. The molecule has 3 heterocycles. The van der Waals surface area contributed by atoms with Gasteiger partial charge in [0.25, 0.3) is 5.91 Å². The first-order valence-electron chi connectivity index (χ1n) is 7.48. The first-order valence-corrected chi connectivity index (χ1v) is 7.48. The van der Waals surface area contributed by atoms with Crippen LogP contribution in [-0.4, -0.2) is 58.0 Å². The lowest BCUT2D eigenvalue weighted by molar-refractivity contribution is -0.133. The Labute approximate surface area is 130 Å². The van der Waals surface area contributed by atoms with Crippen LogP contribution in [0, 0.1) is 0 Å². The molecule has 2 atom stereocenters. The molecule has 2 fully saturated rings. The fourth-order valence-corrected chi connectivity index (χ4v) is 2.90. The molecule has 4 rings (SSSR count). The number of hydrogen-bond acceptors (Lipinski definition) is 6. The number of carbonyl (C=O) groups is 2. The minimum Gasteiger partial charge on any atom is -0.502 e. The van der Waals surface area contributed by atoms with Crippen LogP contribution in [0.1, 0.15) is 23.3 Å². The molecule has 9 nitrogen and oxygen atoms in total. The molecule has 1 aliphatic carbocycles. The van der Waals surface area contributed by atoms with Gasteiger partial charge < -0.3 is 20.6 Å². The number of nitrogens with zero attached hydrogens (tertiary/aromatic N) is 2. The third-order valence-electron chi connectivity index (χ3n) is 4.25. The second kappa shape index (κ2) is 4.98. The average Bonchev–Trinajstić information content (AvgIpc) is 3.34. The number of ether oxygens (including phenoxy) is 1. The number of aromatic nitrogens is 1. The van der Waals surface area contributed by atoms with Crippen LogP contribution < -0.4 is 16.2 Å². The van der Waals surface area contributed by atoms with Crippen molar-refractivity contribution in [3.63, 3.8) is 0 Å². The van der Waals surface area contributed by atoms with Gasteiger partial charge in [0.05, 0.1) is 13.2 Å². The van der Waals surface area contributed by atoms with E-state index in [0.717, 1.165) is 18.9 Å². The molecule has 1 aromatic heterocycles. The summed E-state index contributed by atoms with van der Waals surface area (Å²) in [5, 5.41) is 12.8. The molecule has 2 aliphatic heterocycles. The third-order valence-corrected chi connectivity index (χ3v) is 4.25. The van der Waals surface area contributed by atoms with Crippen molar-refractivity contribution in [2.75, 3.05) is 18.6 Å². The maximum Gasteiger partial charge on any atom is 0.278 e. The Hall–Kier alpha value is -2.55. The minimum atomic E-state index is -0.794. The molecule has 0 radical (unpaired) electrons. The standard InChI is InChI=1S/C14H16N4O5/c19-9-3-4-17-11(12(9)20)14(22)18-8(5-23-6-10(18)16-17)13(21)15-7-1-2-7/h3-4,7-8,10,16,20H,1-2,5-6H2,(H,15,21). The molecule has 0 aromatic carbocycles. The largest absolute Gasteiger partial charge is 0.502 e. The summed E-state index contributed by atoms with van der Waals surface area (Å²) in [6.45, 7) is 0.297. The van der Waals surface area contributed by atoms with Crippen LogP contribution in [0.5, 0.6) is 5.75 Å². The predicted octanol–water partition coefficient (Wildman–Crippen LogP) is -1.44. The van der Waals surface area contributed by atoms with Crippen molar-refractivity contribution in [3.05, 3.63) is 28.2 Å². The number of nitrogens with one attached hydrogen (secondary N) is 2. The van der Waals surface area contributed by atoms with Crippen LogP contribution in [0.2, 0.25) is 0 Å². The molecular formula is C14H16N4O5. The van der Waals surface area contributed by atoms with Crippen molar-refractivity contribution in [2.24, 2.45) is 0 Å². The first-order chi connectivity index (χ1) is 11.1. The summed E-state index contributed by atoms with van der Waals surface area (Å²) < 4.78 is 6.73. The highest BCUT2D eigenvalue weighted by Gasteiger charge is 2.45. The SMILES string of the molecule is O=C(NC1CC1)C1COCC2Nn3ccc(=O)c(O)c3C(=O)N21. The van der Waals surface area contributed by atoms with Crippen LogP contribution in [0.4, 0.5) is 0 Å². The molecule has 3 N–H and O–H groups in total. The molecule has 2 unspecified atom stereocenters. The summed E-state index contributed by atoms with van der Waals surface area (Å²) in [6.07, 6.45) is 2.71. The maximum absolute atomic E-state index is 12.8. The van der Waals surface area contributed by atoms with Crippen LogP contribution in [0.3, 0.4) is 0 Å². The Bertz CT molecular complexity index is 741. The topological polar surface area (TPSA) is 113 Å². The predicted molar refractivity (Wildman–Crippen MR) is 77.5 cm³/mol. The number of pyridine rings is 1. The van der Waals surface area contributed by atoms with Gasteiger partial charge in [-0.2, -0.15) is 0 Å². The van der Waals surface area contributed by atoms with Crippen LogP contribution in [-0.2, 0) is 9.53 Å². The molecule has 0 bridgehead atoms. The summed E-state index contributed by atoms with van der Waals surface area (Å²) in [4.78, 5) is 38.1. The normalized spacial score (nSPS) is 26.1. The van der Waals surface area contributed by atoms with Gasteiger partial charge in [0, 0.05) is 18.3 Å². The van der Waals surface area contributed by atoms with Gasteiger partial charge in [0.1, 0.15) is 12.2 Å². The van der Waals surface area contributed by atoms with E-state index in [0.29, 0.717) is 0 Å². The Morgan fingerprint density at radius 3 is 2.87 bits per heavy atom. The summed E-state index contributed by atoms with van der Waals surface area (Å²) in [5.41, 5.74) is 2.16. The van der Waals surface area contributed by atoms with E-state index in [-0.39, 0.29) is 30.9 Å². The fraction of sp³-hybridized carbons (Fsp3) is 0.500. The molecule has 122 valence electrons. The molecular weight excluding hydrogens is 304 g/mol. The second-order valence-electron chi connectivity index (χ2n) is 5.94. The lowest BCUT2D eigenvalue weighted by Gasteiger charge is -2.45. The highest BCUT2D eigenvalue weighted by molar-refractivity contribution is 5.99.